The van der Waals surface area contributed by atoms with Crippen LogP contribution in [0.2, 0.25) is 0 Å². The monoisotopic (exact) mass is 304 g/mol. The van der Waals surface area contributed by atoms with Crippen LogP contribution in [0.25, 0.3) is 0 Å². The van der Waals surface area contributed by atoms with E-state index in [1.54, 1.807) is 7.11 Å². The Morgan fingerprint density at radius 3 is 2.11 bits per heavy atom. The Hall–Kier alpha value is -1.28. The number of benzene rings is 2. The summed E-state index contributed by atoms with van der Waals surface area (Å²) < 4.78 is 5.29. The summed E-state index contributed by atoms with van der Waals surface area (Å²) in [5, 5.41) is 0. The minimum Gasteiger partial charge on any atom is -0.496 e. The fraction of sp³-hybridized carbons (Fsp3) is 0.250. The summed E-state index contributed by atoms with van der Waals surface area (Å²) in [7, 11) is 1.70. The average molecular weight is 305 g/mol. The molecule has 0 aliphatic carbocycles. The predicted octanol–water partition coefficient (Wildman–Crippen LogP) is 4.80. The lowest BCUT2D eigenvalue weighted by atomic mass is 10.0. The van der Waals surface area contributed by atoms with Crippen molar-refractivity contribution >= 4 is 15.9 Å². The number of hydrogen-bond acceptors (Lipinski definition) is 1. The Morgan fingerprint density at radius 2 is 1.56 bits per heavy atom. The SMILES string of the molecule is COc1ccc(C(Br)c2ccc(C)cc2)cc1C. The van der Waals surface area contributed by atoms with Crippen molar-refractivity contribution in [3.05, 3.63) is 64.7 Å². The summed E-state index contributed by atoms with van der Waals surface area (Å²) in [6.45, 7) is 4.17. The van der Waals surface area contributed by atoms with Crippen molar-refractivity contribution in [3.63, 3.8) is 0 Å². The van der Waals surface area contributed by atoms with Gasteiger partial charge in [-0.3, -0.25) is 0 Å². The average Bonchev–Trinajstić information content (AvgIpc) is 2.38. The number of methoxy groups -OCH3 is 1. The predicted molar refractivity (Wildman–Crippen MR) is 79.7 cm³/mol. The summed E-state index contributed by atoms with van der Waals surface area (Å²) in [4.78, 5) is 0.225. The van der Waals surface area contributed by atoms with Gasteiger partial charge in [-0.05, 0) is 36.6 Å². The van der Waals surface area contributed by atoms with Gasteiger partial charge in [-0.1, -0.05) is 57.9 Å². The van der Waals surface area contributed by atoms with Crippen molar-refractivity contribution in [2.24, 2.45) is 0 Å². The molecule has 2 aromatic rings. The van der Waals surface area contributed by atoms with Crippen LogP contribution in [0, 0.1) is 13.8 Å². The first-order chi connectivity index (χ1) is 8.61. The third kappa shape index (κ3) is 2.75. The molecule has 0 radical (unpaired) electrons. The number of ether oxygens (including phenoxy) is 1. The molecule has 1 atom stereocenters. The molecule has 0 aliphatic heterocycles. The van der Waals surface area contributed by atoms with Crippen molar-refractivity contribution in [2.75, 3.05) is 7.11 Å². The highest BCUT2D eigenvalue weighted by Crippen LogP contribution is 2.33. The molecule has 18 heavy (non-hydrogen) atoms. The molecule has 0 aromatic heterocycles. The second-order valence-corrected chi connectivity index (χ2v) is 5.42. The number of hydrogen-bond donors (Lipinski definition) is 0. The first-order valence-electron chi connectivity index (χ1n) is 5.97. The molecule has 1 nitrogen and oxygen atoms in total. The quantitative estimate of drug-likeness (QED) is 0.740. The van der Waals surface area contributed by atoms with E-state index in [0.29, 0.717) is 0 Å². The van der Waals surface area contributed by atoms with Gasteiger partial charge >= 0.3 is 0 Å². The molecular formula is C16H17BrO. The van der Waals surface area contributed by atoms with E-state index in [9.17, 15) is 0 Å². The smallest absolute Gasteiger partial charge is 0.121 e. The molecule has 94 valence electrons. The van der Waals surface area contributed by atoms with Gasteiger partial charge < -0.3 is 4.74 Å². The third-order valence-corrected chi connectivity index (χ3v) is 4.14. The lowest BCUT2D eigenvalue weighted by molar-refractivity contribution is 0.411. The zero-order chi connectivity index (χ0) is 13.1. The van der Waals surface area contributed by atoms with Gasteiger partial charge in [0.15, 0.2) is 0 Å². The molecule has 0 spiro atoms. The summed E-state index contributed by atoms with van der Waals surface area (Å²) in [6, 6.07) is 14.9. The van der Waals surface area contributed by atoms with Crippen molar-refractivity contribution < 1.29 is 4.74 Å². The molecule has 1 unspecified atom stereocenters. The Kier molecular flexibility index (Phi) is 4.07. The highest BCUT2D eigenvalue weighted by Gasteiger charge is 2.11. The van der Waals surface area contributed by atoms with Crippen LogP contribution in [-0.2, 0) is 0 Å². The maximum absolute atomic E-state index is 5.29. The lowest BCUT2D eigenvalue weighted by Gasteiger charge is -2.13. The third-order valence-electron chi connectivity index (χ3n) is 3.08. The minimum absolute atomic E-state index is 0.225. The van der Waals surface area contributed by atoms with Crippen LogP contribution >= 0.6 is 15.9 Å². The second-order valence-electron chi connectivity index (χ2n) is 4.50. The number of rotatable bonds is 3. The van der Waals surface area contributed by atoms with E-state index in [1.165, 1.54) is 16.7 Å². The standard InChI is InChI=1S/C16H17BrO/c1-11-4-6-13(7-5-11)16(17)14-8-9-15(18-3)12(2)10-14/h4-10,16H,1-3H3. The Bertz CT molecular complexity index is 531. The summed E-state index contributed by atoms with van der Waals surface area (Å²) in [5.41, 5.74) is 4.96. The fourth-order valence-corrected chi connectivity index (χ4v) is 2.58. The summed E-state index contributed by atoms with van der Waals surface area (Å²) in [6.07, 6.45) is 0. The van der Waals surface area contributed by atoms with E-state index in [1.807, 2.05) is 6.07 Å². The van der Waals surface area contributed by atoms with Gasteiger partial charge in [-0.15, -0.1) is 0 Å². The molecule has 2 rings (SSSR count). The van der Waals surface area contributed by atoms with Crippen LogP contribution in [-0.4, -0.2) is 7.11 Å². The van der Waals surface area contributed by atoms with Crippen LogP contribution in [0.1, 0.15) is 27.1 Å². The van der Waals surface area contributed by atoms with Gasteiger partial charge in [0.25, 0.3) is 0 Å². The van der Waals surface area contributed by atoms with Crippen molar-refractivity contribution in [1.29, 1.82) is 0 Å². The Labute approximate surface area is 117 Å². The van der Waals surface area contributed by atoms with Crippen molar-refractivity contribution in [2.45, 2.75) is 18.7 Å². The van der Waals surface area contributed by atoms with Crippen molar-refractivity contribution in [3.8, 4) is 5.75 Å². The van der Waals surface area contributed by atoms with E-state index in [2.05, 4.69) is 66.2 Å². The summed E-state index contributed by atoms with van der Waals surface area (Å²) in [5.74, 6) is 0.933. The van der Waals surface area contributed by atoms with Crippen LogP contribution in [0.3, 0.4) is 0 Å². The normalized spacial score (nSPS) is 12.2. The number of halogens is 1. The van der Waals surface area contributed by atoms with Gasteiger partial charge in [-0.2, -0.15) is 0 Å². The largest absolute Gasteiger partial charge is 0.496 e. The van der Waals surface area contributed by atoms with Crippen LogP contribution in [0.5, 0.6) is 5.75 Å². The van der Waals surface area contributed by atoms with E-state index < -0.39 is 0 Å². The minimum atomic E-state index is 0.225. The van der Waals surface area contributed by atoms with E-state index in [0.717, 1.165) is 11.3 Å². The van der Waals surface area contributed by atoms with E-state index in [-0.39, 0.29) is 4.83 Å². The van der Waals surface area contributed by atoms with E-state index in [4.69, 9.17) is 4.74 Å². The fourth-order valence-electron chi connectivity index (χ4n) is 1.99. The Morgan fingerprint density at radius 1 is 0.944 bits per heavy atom. The maximum atomic E-state index is 5.29. The van der Waals surface area contributed by atoms with E-state index >= 15 is 0 Å². The molecule has 0 heterocycles. The molecule has 0 bridgehead atoms. The van der Waals surface area contributed by atoms with Crippen LogP contribution in [0.15, 0.2) is 42.5 Å². The highest BCUT2D eigenvalue weighted by atomic mass is 79.9. The molecule has 0 amide bonds. The Balaban J connectivity index is 2.31. The molecule has 2 aromatic carbocycles. The molecule has 0 saturated carbocycles. The van der Waals surface area contributed by atoms with Gasteiger partial charge in [0.05, 0.1) is 11.9 Å². The first-order valence-corrected chi connectivity index (χ1v) is 6.88. The van der Waals surface area contributed by atoms with Crippen molar-refractivity contribution in [1.82, 2.24) is 0 Å². The molecule has 0 N–H and O–H groups in total. The molecular weight excluding hydrogens is 288 g/mol. The molecule has 0 saturated heterocycles. The molecule has 0 fully saturated rings. The zero-order valence-electron chi connectivity index (χ0n) is 10.9. The number of aryl methyl sites for hydroxylation is 2. The lowest BCUT2D eigenvalue weighted by Crippen LogP contribution is -1.95. The van der Waals surface area contributed by atoms with Gasteiger partial charge in [0.1, 0.15) is 5.75 Å². The summed E-state index contributed by atoms with van der Waals surface area (Å²) >= 11 is 3.76. The molecule has 2 heteroatoms. The second kappa shape index (κ2) is 5.57. The highest BCUT2D eigenvalue weighted by molar-refractivity contribution is 9.09. The van der Waals surface area contributed by atoms with Crippen LogP contribution < -0.4 is 4.74 Å². The topological polar surface area (TPSA) is 9.23 Å². The zero-order valence-corrected chi connectivity index (χ0v) is 12.5. The van der Waals surface area contributed by atoms with Gasteiger partial charge in [0.2, 0.25) is 0 Å². The van der Waals surface area contributed by atoms with Crippen LogP contribution in [0.4, 0.5) is 0 Å². The molecule has 0 aliphatic rings. The number of alkyl halides is 1. The maximum Gasteiger partial charge on any atom is 0.121 e. The first kappa shape index (κ1) is 13.2. The van der Waals surface area contributed by atoms with Gasteiger partial charge in [0, 0.05) is 0 Å². The van der Waals surface area contributed by atoms with Gasteiger partial charge in [-0.25, -0.2) is 0 Å².